The van der Waals surface area contributed by atoms with Crippen molar-refractivity contribution in [2.75, 3.05) is 6.79 Å². The molecule has 15 heavy (non-hydrogen) atoms. The number of halogens is 2. The Hall–Kier alpha value is -0.490. The van der Waals surface area contributed by atoms with Crippen LogP contribution in [0.25, 0.3) is 0 Å². The van der Waals surface area contributed by atoms with Crippen molar-refractivity contribution in [2.24, 2.45) is 0 Å². The van der Waals surface area contributed by atoms with Gasteiger partial charge in [0.2, 0.25) is 12.0 Å². The average molecular weight is 339 g/mol. The molecular weight excluding hydrogens is 330 g/mol. The second kappa shape index (κ2) is 4.57. The molecule has 0 N–H and O–H groups in total. The number of fused-ring (bicyclic) bond motifs is 1. The maximum absolute atomic E-state index is 10.9. The largest absolute Gasteiger partial charge is 0.454 e. The third-order valence-electron chi connectivity index (χ3n) is 2.10. The molecule has 3 nitrogen and oxygen atoms in total. The number of carbonyl (C=O) groups excluding carboxylic acids is 1. The van der Waals surface area contributed by atoms with Gasteiger partial charge in [-0.25, -0.2) is 0 Å². The summed E-state index contributed by atoms with van der Waals surface area (Å²) in [5, 5.41) is -0.326. The highest BCUT2D eigenvalue weighted by Gasteiger charge is 2.16. The number of carbonyl (C=O) groups is 1. The summed E-state index contributed by atoms with van der Waals surface area (Å²) in [6.07, 6.45) is 0.611. The van der Waals surface area contributed by atoms with Crippen LogP contribution >= 0.6 is 34.2 Å². The van der Waals surface area contributed by atoms with E-state index >= 15 is 0 Å². The lowest BCUT2D eigenvalue weighted by atomic mass is 10.1. The Morgan fingerprint density at radius 3 is 2.93 bits per heavy atom. The van der Waals surface area contributed by atoms with Crippen molar-refractivity contribution in [1.82, 2.24) is 0 Å². The van der Waals surface area contributed by atoms with Crippen LogP contribution < -0.4 is 9.47 Å². The van der Waals surface area contributed by atoms with Gasteiger partial charge in [0.15, 0.2) is 11.5 Å². The van der Waals surface area contributed by atoms with E-state index in [0.717, 1.165) is 17.1 Å². The van der Waals surface area contributed by atoms with E-state index < -0.39 is 0 Å². The molecular formula is C10H8ClIO3. The Balaban J connectivity index is 2.13. The number of hydrogen-bond donors (Lipinski definition) is 0. The van der Waals surface area contributed by atoms with Crippen molar-refractivity contribution in [3.05, 3.63) is 23.8 Å². The fourth-order valence-electron chi connectivity index (χ4n) is 1.36. The highest BCUT2D eigenvalue weighted by Crippen LogP contribution is 2.33. The van der Waals surface area contributed by atoms with Gasteiger partial charge in [0, 0.05) is 0 Å². The number of hydrogen-bond acceptors (Lipinski definition) is 3. The lowest BCUT2D eigenvalue weighted by Crippen LogP contribution is -2.10. The smallest absolute Gasteiger partial charge is 0.234 e. The van der Waals surface area contributed by atoms with Crippen LogP contribution in [0.1, 0.15) is 5.56 Å². The second-order valence-electron chi connectivity index (χ2n) is 3.16. The van der Waals surface area contributed by atoms with Crippen LogP contribution in [0.2, 0.25) is 0 Å². The van der Waals surface area contributed by atoms with Gasteiger partial charge in [-0.2, -0.15) is 0 Å². The Bertz CT molecular complexity index is 394. The first kappa shape index (κ1) is 11.0. The second-order valence-corrected chi connectivity index (χ2v) is 5.04. The molecule has 1 aliphatic heterocycles. The molecule has 80 valence electrons. The summed E-state index contributed by atoms with van der Waals surface area (Å²) in [5.41, 5.74) is 1.02. The van der Waals surface area contributed by atoms with Gasteiger partial charge in [-0.15, -0.1) is 0 Å². The van der Waals surface area contributed by atoms with Crippen LogP contribution in [0.4, 0.5) is 0 Å². The van der Waals surface area contributed by atoms with E-state index in [4.69, 9.17) is 21.1 Å². The topological polar surface area (TPSA) is 35.5 Å². The highest BCUT2D eigenvalue weighted by molar-refractivity contribution is 14.1. The summed E-state index contributed by atoms with van der Waals surface area (Å²) in [6.45, 7) is 0.265. The van der Waals surface area contributed by atoms with Gasteiger partial charge in [0.1, 0.15) is 0 Å². The lowest BCUT2D eigenvalue weighted by Gasteiger charge is -2.05. The van der Waals surface area contributed by atoms with Crippen LogP contribution in [-0.2, 0) is 11.2 Å². The first-order valence-electron chi connectivity index (χ1n) is 4.39. The monoisotopic (exact) mass is 338 g/mol. The molecule has 0 saturated carbocycles. The standard InChI is InChI=1S/C10H8ClIO3/c11-10(13)7(12)3-6-1-2-8-9(4-6)15-5-14-8/h1-2,4,7H,3,5H2. The van der Waals surface area contributed by atoms with Crippen molar-refractivity contribution >= 4 is 39.4 Å². The van der Waals surface area contributed by atoms with Crippen molar-refractivity contribution in [2.45, 2.75) is 10.3 Å². The van der Waals surface area contributed by atoms with E-state index in [1.807, 2.05) is 40.8 Å². The Labute approximate surface area is 106 Å². The van der Waals surface area contributed by atoms with E-state index in [0.29, 0.717) is 6.42 Å². The molecule has 0 spiro atoms. The summed E-state index contributed by atoms with van der Waals surface area (Å²) in [6, 6.07) is 5.65. The first-order chi connectivity index (χ1) is 7.16. The molecule has 0 saturated heterocycles. The van der Waals surface area contributed by atoms with Crippen LogP contribution in [0.3, 0.4) is 0 Å². The molecule has 1 heterocycles. The predicted octanol–water partition coefficient (Wildman–Crippen LogP) is 2.53. The summed E-state index contributed by atoms with van der Waals surface area (Å²) < 4.78 is 10.2. The first-order valence-corrected chi connectivity index (χ1v) is 6.01. The fraction of sp³-hybridized carbons (Fsp3) is 0.300. The molecule has 0 radical (unpaired) electrons. The molecule has 0 bridgehead atoms. The number of rotatable bonds is 3. The molecule has 1 unspecified atom stereocenters. The third kappa shape index (κ3) is 2.55. The zero-order valence-electron chi connectivity index (χ0n) is 7.70. The van der Waals surface area contributed by atoms with E-state index in [9.17, 15) is 4.79 Å². The molecule has 1 atom stereocenters. The number of ether oxygens (including phenoxy) is 2. The van der Waals surface area contributed by atoms with Gasteiger partial charge in [0.25, 0.3) is 0 Å². The SMILES string of the molecule is O=C(Cl)C(I)Cc1ccc2c(c1)OCO2. The van der Waals surface area contributed by atoms with Crippen LogP contribution in [0.15, 0.2) is 18.2 Å². The molecule has 0 amide bonds. The molecule has 0 fully saturated rings. The highest BCUT2D eigenvalue weighted by atomic mass is 127. The molecule has 0 aliphatic carbocycles. The van der Waals surface area contributed by atoms with Crippen molar-refractivity contribution in [3.63, 3.8) is 0 Å². The predicted molar refractivity (Wildman–Crippen MR) is 64.9 cm³/mol. The normalized spacial score (nSPS) is 15.1. The quantitative estimate of drug-likeness (QED) is 0.483. The summed E-state index contributed by atoms with van der Waals surface area (Å²) in [7, 11) is 0. The Morgan fingerprint density at radius 2 is 2.20 bits per heavy atom. The number of benzene rings is 1. The molecule has 2 rings (SSSR count). The van der Waals surface area contributed by atoms with Gasteiger partial charge < -0.3 is 9.47 Å². The Kier molecular flexibility index (Phi) is 3.35. The van der Waals surface area contributed by atoms with Crippen molar-refractivity contribution < 1.29 is 14.3 Å². The maximum atomic E-state index is 10.9. The van der Waals surface area contributed by atoms with E-state index in [-0.39, 0.29) is 16.0 Å². The average Bonchev–Trinajstić information content (AvgIpc) is 2.64. The van der Waals surface area contributed by atoms with Gasteiger partial charge in [-0.05, 0) is 35.7 Å². The van der Waals surface area contributed by atoms with Crippen molar-refractivity contribution in [1.29, 1.82) is 0 Å². The molecule has 1 aromatic carbocycles. The van der Waals surface area contributed by atoms with Gasteiger partial charge in [-0.3, -0.25) is 4.79 Å². The minimum absolute atomic E-state index is 0.204. The minimum Gasteiger partial charge on any atom is -0.454 e. The van der Waals surface area contributed by atoms with Crippen LogP contribution in [0.5, 0.6) is 11.5 Å². The third-order valence-corrected chi connectivity index (χ3v) is 3.74. The minimum atomic E-state index is -0.326. The van der Waals surface area contributed by atoms with E-state index in [1.165, 1.54) is 0 Å². The number of alkyl halides is 1. The van der Waals surface area contributed by atoms with Crippen LogP contribution in [0, 0.1) is 0 Å². The maximum Gasteiger partial charge on any atom is 0.234 e. The molecule has 0 aromatic heterocycles. The summed E-state index contributed by atoms with van der Waals surface area (Å²) >= 11 is 7.42. The zero-order valence-corrected chi connectivity index (χ0v) is 10.6. The molecule has 1 aromatic rings. The summed E-state index contributed by atoms with van der Waals surface area (Å²) in [4.78, 5) is 10.9. The van der Waals surface area contributed by atoms with Gasteiger partial charge >= 0.3 is 0 Å². The van der Waals surface area contributed by atoms with Gasteiger partial charge in [0.05, 0.1) is 3.92 Å². The van der Waals surface area contributed by atoms with Gasteiger partial charge in [-0.1, -0.05) is 28.7 Å². The zero-order chi connectivity index (χ0) is 10.8. The lowest BCUT2D eigenvalue weighted by molar-refractivity contribution is -0.110. The molecule has 5 heteroatoms. The van der Waals surface area contributed by atoms with E-state index in [1.54, 1.807) is 0 Å². The van der Waals surface area contributed by atoms with Crippen molar-refractivity contribution in [3.8, 4) is 11.5 Å². The fourth-order valence-corrected chi connectivity index (χ4v) is 1.94. The Morgan fingerprint density at radius 1 is 1.47 bits per heavy atom. The molecule has 1 aliphatic rings. The summed E-state index contributed by atoms with van der Waals surface area (Å²) in [5.74, 6) is 1.49. The van der Waals surface area contributed by atoms with E-state index in [2.05, 4.69) is 0 Å². The van der Waals surface area contributed by atoms with Crippen LogP contribution in [-0.4, -0.2) is 16.0 Å².